The highest BCUT2D eigenvalue weighted by molar-refractivity contribution is 7.99. The highest BCUT2D eigenvalue weighted by Crippen LogP contribution is 2.34. The minimum absolute atomic E-state index is 0.0673. The Kier molecular flexibility index (Phi) is 5.80. The van der Waals surface area contributed by atoms with E-state index in [-0.39, 0.29) is 23.2 Å². The monoisotopic (exact) mass is 259 g/mol. The molecule has 0 aromatic carbocycles. The van der Waals surface area contributed by atoms with Crippen molar-refractivity contribution in [1.29, 1.82) is 0 Å². The number of hydrogen-bond acceptors (Lipinski definition) is 3. The molecule has 1 heterocycles. The molecule has 1 N–H and O–H groups in total. The van der Waals surface area contributed by atoms with Crippen LogP contribution in [0.3, 0.4) is 0 Å². The molecule has 1 rings (SSSR count). The molecule has 0 aromatic rings. The summed E-state index contributed by atoms with van der Waals surface area (Å²) in [5.74, 6) is 0.280. The normalized spacial score (nSPS) is 21.3. The van der Waals surface area contributed by atoms with Gasteiger partial charge in [-0.05, 0) is 37.4 Å². The Hall–Kier alpha value is -0.220. The van der Waals surface area contributed by atoms with Crippen molar-refractivity contribution >= 4 is 17.7 Å². The molecule has 0 aromatic heterocycles. The zero-order chi connectivity index (χ0) is 12.9. The van der Waals surface area contributed by atoms with Crippen LogP contribution >= 0.6 is 11.8 Å². The Morgan fingerprint density at radius 2 is 2.00 bits per heavy atom. The third-order valence-electron chi connectivity index (χ3n) is 4.15. The van der Waals surface area contributed by atoms with Gasteiger partial charge >= 0.3 is 0 Å². The van der Waals surface area contributed by atoms with E-state index in [1.807, 2.05) is 11.2 Å². The molecule has 100 valence electrons. The number of aliphatic hydroxyl groups excluding tert-OH is 1. The van der Waals surface area contributed by atoms with Gasteiger partial charge in [0.1, 0.15) is 0 Å². The van der Waals surface area contributed by atoms with Crippen molar-refractivity contribution in [2.24, 2.45) is 5.41 Å². The van der Waals surface area contributed by atoms with E-state index in [0.29, 0.717) is 0 Å². The lowest BCUT2D eigenvalue weighted by Gasteiger charge is -2.41. The fourth-order valence-electron chi connectivity index (χ4n) is 2.47. The SMILES string of the molecule is CCC(SC)C(=O)N1CCC(CC)(CO)CC1. The molecule has 17 heavy (non-hydrogen) atoms. The van der Waals surface area contributed by atoms with Crippen molar-refractivity contribution < 1.29 is 9.90 Å². The maximum atomic E-state index is 12.2. The first kappa shape index (κ1) is 14.8. The first-order chi connectivity index (χ1) is 8.12. The molecule has 1 aliphatic heterocycles. The van der Waals surface area contributed by atoms with Gasteiger partial charge < -0.3 is 10.0 Å². The third kappa shape index (κ3) is 3.38. The summed E-state index contributed by atoms with van der Waals surface area (Å²) in [5, 5.41) is 9.57. The minimum Gasteiger partial charge on any atom is -0.396 e. The first-order valence-electron chi connectivity index (χ1n) is 6.55. The fourth-order valence-corrected chi connectivity index (χ4v) is 3.15. The smallest absolute Gasteiger partial charge is 0.235 e. The average molecular weight is 259 g/mol. The van der Waals surface area contributed by atoms with Gasteiger partial charge in [-0.3, -0.25) is 4.79 Å². The number of hydrogen-bond donors (Lipinski definition) is 1. The predicted octanol–water partition coefficient (Wildman–Crippen LogP) is 2.14. The molecule has 0 saturated carbocycles. The van der Waals surface area contributed by atoms with Crippen molar-refractivity contribution in [3.05, 3.63) is 0 Å². The van der Waals surface area contributed by atoms with E-state index in [0.717, 1.165) is 38.8 Å². The number of aliphatic hydroxyl groups is 1. The van der Waals surface area contributed by atoms with Crippen LogP contribution in [-0.4, -0.2) is 47.1 Å². The van der Waals surface area contributed by atoms with Crippen LogP contribution < -0.4 is 0 Å². The van der Waals surface area contributed by atoms with Crippen LogP contribution in [-0.2, 0) is 4.79 Å². The van der Waals surface area contributed by atoms with Crippen LogP contribution in [0.4, 0.5) is 0 Å². The summed E-state index contributed by atoms with van der Waals surface area (Å²) >= 11 is 1.64. The van der Waals surface area contributed by atoms with E-state index in [9.17, 15) is 9.90 Å². The zero-order valence-electron chi connectivity index (χ0n) is 11.2. The van der Waals surface area contributed by atoms with Gasteiger partial charge in [-0.2, -0.15) is 11.8 Å². The van der Waals surface area contributed by atoms with Gasteiger partial charge in [-0.15, -0.1) is 0 Å². The van der Waals surface area contributed by atoms with Crippen molar-refractivity contribution in [3.8, 4) is 0 Å². The second-order valence-electron chi connectivity index (χ2n) is 4.97. The Balaban J connectivity index is 2.54. The molecule has 1 amide bonds. The molecule has 1 aliphatic rings. The maximum Gasteiger partial charge on any atom is 0.235 e. The van der Waals surface area contributed by atoms with E-state index in [2.05, 4.69) is 13.8 Å². The second-order valence-corrected chi connectivity index (χ2v) is 6.01. The molecule has 0 spiro atoms. The average Bonchev–Trinajstić information content (AvgIpc) is 2.40. The van der Waals surface area contributed by atoms with E-state index < -0.39 is 0 Å². The Bertz CT molecular complexity index is 240. The summed E-state index contributed by atoms with van der Waals surface area (Å²) in [6.45, 7) is 6.07. The van der Waals surface area contributed by atoms with Crippen molar-refractivity contribution in [2.75, 3.05) is 26.0 Å². The molecule has 0 radical (unpaired) electrons. The molecular formula is C13H25NO2S. The fraction of sp³-hybridized carbons (Fsp3) is 0.923. The number of piperidine rings is 1. The minimum atomic E-state index is 0.0673. The van der Waals surface area contributed by atoms with Crippen LogP contribution in [0.25, 0.3) is 0 Å². The van der Waals surface area contributed by atoms with Crippen molar-refractivity contribution in [1.82, 2.24) is 4.90 Å². The molecule has 0 aliphatic carbocycles. The molecule has 3 nitrogen and oxygen atoms in total. The molecule has 4 heteroatoms. The lowest BCUT2D eigenvalue weighted by Crippen LogP contribution is -2.47. The molecule has 1 unspecified atom stereocenters. The third-order valence-corrected chi connectivity index (χ3v) is 5.26. The van der Waals surface area contributed by atoms with Crippen LogP contribution in [0.5, 0.6) is 0 Å². The Morgan fingerprint density at radius 3 is 2.35 bits per heavy atom. The highest BCUT2D eigenvalue weighted by Gasteiger charge is 2.35. The van der Waals surface area contributed by atoms with E-state index in [1.165, 1.54) is 0 Å². The first-order valence-corrected chi connectivity index (χ1v) is 7.83. The van der Waals surface area contributed by atoms with Crippen LogP contribution in [0, 0.1) is 5.41 Å². The lowest BCUT2D eigenvalue weighted by atomic mass is 9.77. The number of amides is 1. The standard InChI is InChI=1S/C13H25NO2S/c1-4-11(17-3)12(16)14-8-6-13(5-2,10-15)7-9-14/h11,15H,4-10H2,1-3H3. The van der Waals surface area contributed by atoms with E-state index in [4.69, 9.17) is 0 Å². The Morgan fingerprint density at radius 1 is 1.41 bits per heavy atom. The molecule has 1 saturated heterocycles. The maximum absolute atomic E-state index is 12.2. The summed E-state index contributed by atoms with van der Waals surface area (Å²) < 4.78 is 0. The predicted molar refractivity (Wildman–Crippen MR) is 73.2 cm³/mol. The zero-order valence-corrected chi connectivity index (χ0v) is 12.1. The van der Waals surface area contributed by atoms with Gasteiger partial charge in [0.2, 0.25) is 5.91 Å². The number of carbonyl (C=O) groups is 1. The van der Waals surface area contributed by atoms with Gasteiger partial charge in [0, 0.05) is 19.7 Å². The number of likely N-dealkylation sites (tertiary alicyclic amines) is 1. The molecule has 0 bridgehead atoms. The summed E-state index contributed by atoms with van der Waals surface area (Å²) in [7, 11) is 0. The van der Waals surface area contributed by atoms with Gasteiger partial charge in [0.05, 0.1) is 5.25 Å². The summed E-state index contributed by atoms with van der Waals surface area (Å²) in [5.41, 5.74) is 0.0673. The Labute approximate surface area is 109 Å². The van der Waals surface area contributed by atoms with E-state index in [1.54, 1.807) is 11.8 Å². The molecular weight excluding hydrogens is 234 g/mol. The summed E-state index contributed by atoms with van der Waals surface area (Å²) in [6.07, 6.45) is 5.79. The van der Waals surface area contributed by atoms with Gasteiger partial charge in [-0.1, -0.05) is 13.8 Å². The van der Waals surface area contributed by atoms with Crippen LogP contribution in [0.2, 0.25) is 0 Å². The van der Waals surface area contributed by atoms with Crippen LogP contribution in [0.15, 0.2) is 0 Å². The number of nitrogens with zero attached hydrogens (tertiary/aromatic N) is 1. The second kappa shape index (κ2) is 6.64. The van der Waals surface area contributed by atoms with Crippen molar-refractivity contribution in [3.63, 3.8) is 0 Å². The van der Waals surface area contributed by atoms with Gasteiger partial charge in [-0.25, -0.2) is 0 Å². The largest absolute Gasteiger partial charge is 0.396 e. The highest BCUT2D eigenvalue weighted by atomic mass is 32.2. The lowest BCUT2D eigenvalue weighted by molar-refractivity contribution is -0.133. The van der Waals surface area contributed by atoms with Crippen LogP contribution in [0.1, 0.15) is 39.5 Å². The quantitative estimate of drug-likeness (QED) is 0.822. The summed E-state index contributed by atoms with van der Waals surface area (Å²) in [6, 6.07) is 0. The van der Waals surface area contributed by atoms with Crippen molar-refractivity contribution in [2.45, 2.75) is 44.8 Å². The molecule has 1 fully saturated rings. The number of rotatable bonds is 5. The summed E-state index contributed by atoms with van der Waals surface area (Å²) in [4.78, 5) is 14.2. The van der Waals surface area contributed by atoms with Gasteiger partial charge in [0.15, 0.2) is 0 Å². The number of thioether (sulfide) groups is 1. The number of carbonyl (C=O) groups excluding carboxylic acids is 1. The molecule has 1 atom stereocenters. The van der Waals surface area contributed by atoms with Gasteiger partial charge in [0.25, 0.3) is 0 Å². The van der Waals surface area contributed by atoms with E-state index >= 15 is 0 Å². The topological polar surface area (TPSA) is 40.5 Å².